The predicted octanol–water partition coefficient (Wildman–Crippen LogP) is 9.05. The SMILES string of the molecule is CCC(/C=N/N=C(\N)N(CC)[C@@H](CC(C)C)CC(C)(C)N)CC.CCC(C)C.CCCCNC(CC(C)C)CC(C)(C)N.[HH].[HH]. The summed E-state index contributed by atoms with van der Waals surface area (Å²) in [6.07, 6.45) is 12.1. The summed E-state index contributed by atoms with van der Waals surface area (Å²) in [5.74, 6) is 3.17. The molecule has 43 heavy (non-hydrogen) atoms. The fourth-order valence-corrected chi connectivity index (χ4v) is 4.75. The highest BCUT2D eigenvalue weighted by Crippen LogP contribution is 2.20. The number of rotatable bonds is 19. The molecule has 0 rings (SSSR count). The van der Waals surface area contributed by atoms with Gasteiger partial charge in [-0.1, -0.05) is 82.1 Å². The second-order valence-electron chi connectivity index (χ2n) is 15.2. The Kier molecular flexibility index (Phi) is 28.0. The van der Waals surface area contributed by atoms with E-state index in [0.717, 1.165) is 57.0 Å². The van der Waals surface area contributed by atoms with E-state index < -0.39 is 0 Å². The van der Waals surface area contributed by atoms with Crippen LogP contribution in [0.3, 0.4) is 0 Å². The lowest BCUT2D eigenvalue weighted by Crippen LogP contribution is -2.49. The van der Waals surface area contributed by atoms with E-state index in [1.165, 1.54) is 25.7 Å². The summed E-state index contributed by atoms with van der Waals surface area (Å²) in [5.41, 5.74) is 18.2. The van der Waals surface area contributed by atoms with E-state index in [1.54, 1.807) is 0 Å². The molecule has 0 aromatic rings. The van der Waals surface area contributed by atoms with Crippen molar-refractivity contribution in [2.75, 3.05) is 13.1 Å². The molecule has 0 heterocycles. The highest BCUT2D eigenvalue weighted by atomic mass is 15.4. The molecule has 0 aliphatic heterocycles. The molecular formula is C36H85N7. The third kappa shape index (κ3) is 32.0. The molecule has 0 aromatic heterocycles. The zero-order valence-electron chi connectivity index (χ0n) is 31.9. The summed E-state index contributed by atoms with van der Waals surface area (Å²) in [4.78, 5) is 2.14. The van der Waals surface area contributed by atoms with Crippen molar-refractivity contribution < 1.29 is 2.85 Å². The first-order valence-corrected chi connectivity index (χ1v) is 17.7. The molecule has 0 aliphatic carbocycles. The van der Waals surface area contributed by atoms with Gasteiger partial charge in [-0.3, -0.25) is 0 Å². The van der Waals surface area contributed by atoms with Gasteiger partial charge in [0.2, 0.25) is 5.96 Å². The summed E-state index contributed by atoms with van der Waals surface area (Å²) < 4.78 is 0. The summed E-state index contributed by atoms with van der Waals surface area (Å²) in [7, 11) is 0. The largest absolute Gasteiger partial charge is 0.368 e. The lowest BCUT2D eigenvalue weighted by Gasteiger charge is -2.36. The first-order chi connectivity index (χ1) is 19.8. The van der Waals surface area contributed by atoms with Crippen molar-refractivity contribution in [2.45, 2.75) is 185 Å². The van der Waals surface area contributed by atoms with Crippen LogP contribution in [0, 0.1) is 23.7 Å². The number of hydrogen-bond donors (Lipinski definition) is 4. The second kappa shape index (κ2) is 26.1. The predicted molar refractivity (Wildman–Crippen MR) is 201 cm³/mol. The maximum absolute atomic E-state index is 6.24. The number of guanidine groups is 1. The van der Waals surface area contributed by atoms with Gasteiger partial charge in [-0.2, -0.15) is 5.10 Å². The van der Waals surface area contributed by atoms with Gasteiger partial charge in [0.05, 0.1) is 0 Å². The molecule has 0 fully saturated rings. The van der Waals surface area contributed by atoms with Crippen LogP contribution in [0.25, 0.3) is 0 Å². The highest BCUT2D eigenvalue weighted by molar-refractivity contribution is 5.79. The van der Waals surface area contributed by atoms with Gasteiger partial charge >= 0.3 is 0 Å². The van der Waals surface area contributed by atoms with Crippen LogP contribution < -0.4 is 22.5 Å². The minimum absolute atomic E-state index is 0. The van der Waals surface area contributed by atoms with Crippen molar-refractivity contribution in [1.29, 1.82) is 0 Å². The van der Waals surface area contributed by atoms with Crippen molar-refractivity contribution in [3.05, 3.63) is 0 Å². The quantitative estimate of drug-likeness (QED) is 0.0500. The van der Waals surface area contributed by atoms with Gasteiger partial charge in [0.1, 0.15) is 0 Å². The van der Waals surface area contributed by atoms with Gasteiger partial charge in [0.25, 0.3) is 0 Å². The van der Waals surface area contributed by atoms with Crippen LogP contribution in [0.2, 0.25) is 0 Å². The summed E-state index contributed by atoms with van der Waals surface area (Å²) in [5, 5.41) is 12.1. The fourth-order valence-electron chi connectivity index (χ4n) is 4.75. The third-order valence-electron chi connectivity index (χ3n) is 7.38. The van der Waals surface area contributed by atoms with Gasteiger partial charge in [-0.15, -0.1) is 5.10 Å². The summed E-state index contributed by atoms with van der Waals surface area (Å²) in [6.45, 7) is 34.6. The molecule has 7 nitrogen and oxygen atoms in total. The zero-order chi connectivity index (χ0) is 34.2. The van der Waals surface area contributed by atoms with Crippen molar-refractivity contribution in [3.8, 4) is 0 Å². The zero-order valence-corrected chi connectivity index (χ0v) is 31.9. The molecule has 0 aromatic carbocycles. The van der Waals surface area contributed by atoms with Gasteiger partial charge in [0, 0.05) is 38.8 Å². The van der Waals surface area contributed by atoms with Gasteiger partial charge < -0.3 is 27.4 Å². The van der Waals surface area contributed by atoms with Crippen molar-refractivity contribution in [1.82, 2.24) is 10.2 Å². The molecule has 7 heteroatoms. The molecule has 0 bridgehead atoms. The second-order valence-corrected chi connectivity index (χ2v) is 15.2. The van der Waals surface area contributed by atoms with E-state index in [4.69, 9.17) is 17.2 Å². The minimum atomic E-state index is -0.230. The van der Waals surface area contributed by atoms with Crippen LogP contribution in [0.4, 0.5) is 0 Å². The van der Waals surface area contributed by atoms with Crippen LogP contribution in [0.5, 0.6) is 0 Å². The van der Waals surface area contributed by atoms with Gasteiger partial charge in [0.15, 0.2) is 0 Å². The van der Waals surface area contributed by atoms with Gasteiger partial charge in [-0.25, -0.2) is 0 Å². The van der Waals surface area contributed by atoms with Crippen LogP contribution >= 0.6 is 0 Å². The van der Waals surface area contributed by atoms with E-state index in [2.05, 4.69) is 124 Å². The molecule has 0 saturated carbocycles. The molecule has 0 aliphatic rings. The molecule has 2 atom stereocenters. The van der Waals surface area contributed by atoms with Crippen molar-refractivity contribution in [2.24, 2.45) is 51.1 Å². The normalized spacial score (nSPS) is 14.2. The molecule has 7 N–H and O–H groups in total. The van der Waals surface area contributed by atoms with Crippen molar-refractivity contribution in [3.63, 3.8) is 0 Å². The average Bonchev–Trinajstić information content (AvgIpc) is 2.85. The smallest absolute Gasteiger partial charge is 0.216 e. The molecule has 0 amide bonds. The van der Waals surface area contributed by atoms with Crippen LogP contribution in [-0.4, -0.2) is 53.3 Å². The Morgan fingerprint density at radius 2 is 1.28 bits per heavy atom. The molecule has 0 radical (unpaired) electrons. The van der Waals surface area contributed by atoms with Crippen molar-refractivity contribution >= 4 is 12.2 Å². The van der Waals surface area contributed by atoms with Crippen LogP contribution in [0.1, 0.15) is 164 Å². The molecule has 0 saturated heterocycles. The van der Waals surface area contributed by atoms with E-state index in [0.29, 0.717) is 23.8 Å². The molecule has 0 spiro atoms. The first kappa shape index (κ1) is 46.2. The van der Waals surface area contributed by atoms with E-state index in [1.807, 2.05) is 6.21 Å². The Balaban J connectivity index is -0.000000209. The standard InChI is InChI=1S/C18H39N5.C13H30N2.C5H12.2H2/c1-8-15(9-2)13-21-22-17(19)23(10-3)16(11-14(4)5)12-18(6,7)20;1-6-7-8-15-12(9-11(2)3)10-13(4,5)14;1-4-5(2)3;;/h13-16H,8-12,20H2,1-7H3,(H2,19,22);11-12,15H,6-10,14H2,1-5H3;5H,4H2,1-3H3;2*1H/b21-13+;;;;/t16-;;;;/m0..../s1. The lowest BCUT2D eigenvalue weighted by atomic mass is 9.90. The van der Waals surface area contributed by atoms with Crippen LogP contribution in [0.15, 0.2) is 10.2 Å². The highest BCUT2D eigenvalue weighted by Gasteiger charge is 2.26. The first-order valence-electron chi connectivity index (χ1n) is 17.7. The van der Waals surface area contributed by atoms with Crippen LogP contribution in [-0.2, 0) is 0 Å². The van der Waals surface area contributed by atoms with Gasteiger partial charge in [-0.05, 0) is 110 Å². The number of nitrogens with one attached hydrogen (secondary N) is 1. The van der Waals surface area contributed by atoms with E-state index >= 15 is 0 Å². The third-order valence-corrected chi connectivity index (χ3v) is 7.38. The van der Waals surface area contributed by atoms with E-state index in [-0.39, 0.29) is 20.0 Å². The Morgan fingerprint density at radius 1 is 0.791 bits per heavy atom. The lowest BCUT2D eigenvalue weighted by molar-refractivity contribution is 0.228. The molecular weight excluding hydrogens is 530 g/mol. The van der Waals surface area contributed by atoms with E-state index in [9.17, 15) is 0 Å². The number of nitrogens with zero attached hydrogens (tertiary/aromatic N) is 3. The topological polar surface area (TPSA) is 118 Å². The minimum Gasteiger partial charge on any atom is -0.368 e. The molecule has 264 valence electrons. The monoisotopic (exact) mass is 616 g/mol. The Bertz CT molecular complexity index is 680. The average molecular weight is 616 g/mol. The maximum Gasteiger partial charge on any atom is 0.216 e. The molecule has 1 unspecified atom stereocenters. The Morgan fingerprint density at radius 3 is 1.63 bits per heavy atom. The number of hydrogen-bond acceptors (Lipinski definition) is 5. The fraction of sp³-hybridized carbons (Fsp3) is 0.944. The maximum atomic E-state index is 6.24. The summed E-state index contributed by atoms with van der Waals surface area (Å²) in [6, 6.07) is 0.864. The number of nitrogens with two attached hydrogens (primary N) is 3. The Labute approximate surface area is 274 Å². The number of unbranched alkanes of at least 4 members (excludes halogenated alkanes) is 1. The Hall–Kier alpha value is -1.18. The summed E-state index contributed by atoms with van der Waals surface area (Å²) >= 11 is 0.